The van der Waals surface area contributed by atoms with E-state index in [0.717, 1.165) is 44.9 Å². The Kier molecular flexibility index (Phi) is 36.3. The zero-order chi connectivity index (χ0) is 41.4. The van der Waals surface area contributed by atoms with Crippen LogP contribution in [0.1, 0.15) is 155 Å². The number of quaternary nitrogens is 1. The van der Waals surface area contributed by atoms with Crippen molar-refractivity contribution in [2.24, 2.45) is 0 Å². The van der Waals surface area contributed by atoms with Gasteiger partial charge in [-0.25, -0.2) is 0 Å². The van der Waals surface area contributed by atoms with Crippen LogP contribution in [-0.4, -0.2) is 69.8 Å². The SMILES string of the molecule is CCCCC/C=C\C/C=C\C/C=C\C=C\C(=O)CCCC(=O)OC[C@H](COP(=O)([O-])OCC[N+](C)(C)C)O/C=C/CCCCCC/C=C\CCCCCCCC. The summed E-state index contributed by atoms with van der Waals surface area (Å²) in [4.78, 5) is 37.0. The number of carbonyl (C=O) groups excluding carboxylic acids is 2. The third-order valence-electron chi connectivity index (χ3n) is 8.80. The van der Waals surface area contributed by atoms with Crippen molar-refractivity contribution in [1.82, 2.24) is 0 Å². The van der Waals surface area contributed by atoms with Gasteiger partial charge in [0.05, 0.1) is 34.0 Å². The van der Waals surface area contributed by atoms with Crippen LogP contribution in [0.15, 0.2) is 73.1 Å². The summed E-state index contributed by atoms with van der Waals surface area (Å²) < 4.78 is 34.1. The lowest BCUT2D eigenvalue weighted by Gasteiger charge is -2.28. The highest BCUT2D eigenvalue weighted by Gasteiger charge is 2.19. The normalized spacial score (nSPS) is 14.3. The number of phosphoric acid groups is 1. The van der Waals surface area contributed by atoms with Gasteiger partial charge in [0.15, 0.2) is 11.9 Å². The lowest BCUT2D eigenvalue weighted by atomic mass is 10.1. The molecule has 0 spiro atoms. The van der Waals surface area contributed by atoms with E-state index in [1.54, 1.807) is 6.08 Å². The van der Waals surface area contributed by atoms with E-state index >= 15 is 0 Å². The molecule has 0 rings (SSSR count). The van der Waals surface area contributed by atoms with Crippen LogP contribution in [0.2, 0.25) is 0 Å². The molecule has 0 heterocycles. The Balaban J connectivity index is 4.53. The average Bonchev–Trinajstić information content (AvgIpc) is 3.14. The second-order valence-electron chi connectivity index (χ2n) is 15.4. The van der Waals surface area contributed by atoms with Crippen LogP contribution in [0.4, 0.5) is 0 Å². The summed E-state index contributed by atoms with van der Waals surface area (Å²) in [5, 5.41) is 0. The van der Waals surface area contributed by atoms with Gasteiger partial charge in [-0.3, -0.25) is 14.2 Å². The van der Waals surface area contributed by atoms with Crippen molar-refractivity contribution in [1.29, 1.82) is 0 Å². The molecule has 322 valence electrons. The lowest BCUT2D eigenvalue weighted by Crippen LogP contribution is -2.37. The largest absolute Gasteiger partial charge is 0.756 e. The smallest absolute Gasteiger partial charge is 0.305 e. The molecule has 0 aromatic heterocycles. The fourth-order valence-electron chi connectivity index (χ4n) is 5.30. The third-order valence-corrected chi connectivity index (χ3v) is 9.76. The van der Waals surface area contributed by atoms with E-state index < -0.39 is 19.9 Å². The van der Waals surface area contributed by atoms with Crippen molar-refractivity contribution in [3.05, 3.63) is 73.1 Å². The Morgan fingerprint density at radius 1 is 0.625 bits per heavy atom. The van der Waals surface area contributed by atoms with Crippen LogP contribution >= 0.6 is 7.82 Å². The molecule has 0 saturated carbocycles. The van der Waals surface area contributed by atoms with Gasteiger partial charge in [0, 0.05) is 12.8 Å². The number of unbranched alkanes of at least 4 members (excludes halogenated alkanes) is 14. The maximum Gasteiger partial charge on any atom is 0.305 e. The molecule has 0 aliphatic rings. The van der Waals surface area contributed by atoms with E-state index in [-0.39, 0.29) is 38.4 Å². The van der Waals surface area contributed by atoms with Gasteiger partial charge in [-0.15, -0.1) is 0 Å². The number of allylic oxidation sites excluding steroid dienone is 11. The fourth-order valence-corrected chi connectivity index (χ4v) is 6.03. The molecule has 9 nitrogen and oxygen atoms in total. The summed E-state index contributed by atoms with van der Waals surface area (Å²) in [7, 11) is 1.22. The molecule has 0 radical (unpaired) electrons. The van der Waals surface area contributed by atoms with E-state index in [2.05, 4.69) is 50.3 Å². The Morgan fingerprint density at radius 2 is 1.16 bits per heavy atom. The Hall–Kier alpha value is -2.55. The number of likely N-dealkylation sites (N-methyl/N-ethyl adjacent to an activating group) is 1. The second-order valence-corrected chi connectivity index (χ2v) is 16.9. The minimum Gasteiger partial charge on any atom is -0.756 e. The molecule has 0 saturated heterocycles. The van der Waals surface area contributed by atoms with Gasteiger partial charge in [0.2, 0.25) is 0 Å². The van der Waals surface area contributed by atoms with Gasteiger partial charge in [-0.05, 0) is 82.8 Å². The molecule has 0 amide bonds. The van der Waals surface area contributed by atoms with Crippen molar-refractivity contribution < 1.29 is 42.1 Å². The zero-order valence-corrected chi connectivity index (χ0v) is 36.9. The van der Waals surface area contributed by atoms with Crippen molar-refractivity contribution in [2.45, 2.75) is 161 Å². The highest BCUT2D eigenvalue weighted by molar-refractivity contribution is 7.45. The highest BCUT2D eigenvalue weighted by atomic mass is 31.2. The predicted molar refractivity (Wildman–Crippen MR) is 231 cm³/mol. The molecule has 0 bridgehead atoms. The van der Waals surface area contributed by atoms with Gasteiger partial charge in [0.25, 0.3) is 7.82 Å². The number of carbonyl (C=O) groups is 2. The molecule has 1 unspecified atom stereocenters. The summed E-state index contributed by atoms with van der Waals surface area (Å²) in [5.41, 5.74) is 0. The van der Waals surface area contributed by atoms with Crippen LogP contribution in [0.5, 0.6) is 0 Å². The zero-order valence-electron chi connectivity index (χ0n) is 36.1. The molecule has 10 heteroatoms. The predicted octanol–water partition coefficient (Wildman–Crippen LogP) is 11.6. The fraction of sp³-hybridized carbons (Fsp3) is 0.696. The van der Waals surface area contributed by atoms with Gasteiger partial charge < -0.3 is 27.9 Å². The summed E-state index contributed by atoms with van der Waals surface area (Å²) in [5.74, 6) is -0.568. The molecule has 0 aliphatic carbocycles. The number of rotatable bonds is 39. The molecule has 56 heavy (non-hydrogen) atoms. The van der Waals surface area contributed by atoms with E-state index in [9.17, 15) is 19.0 Å². The van der Waals surface area contributed by atoms with Crippen molar-refractivity contribution >= 4 is 19.6 Å². The standard InChI is InChI=1S/C46H80NO8P/c1-6-8-10-12-14-16-18-20-21-22-24-26-28-30-32-34-40-52-45(43-55-56(50,51)54-41-39-47(3,4)5)42-53-46(49)38-35-37-44(48)36-33-31-29-27-25-23-19-17-15-13-11-9-7-2/h15,17,20-21,23,25,29,31,33-34,36,40,45H,6-14,16,18-19,22,24,26-28,30,32,35,37-39,41-43H2,1-5H3/b17-15-,21-20-,25-23-,31-29-,36-33+,40-34+/t45-/m1/s1. The lowest BCUT2D eigenvalue weighted by molar-refractivity contribution is -0.870. The summed E-state index contributed by atoms with van der Waals surface area (Å²) in [6.45, 7) is 4.37. The Labute approximate surface area is 342 Å². The first-order chi connectivity index (χ1) is 27.0. The van der Waals surface area contributed by atoms with Gasteiger partial charge in [-0.1, -0.05) is 126 Å². The number of esters is 1. The number of hydrogen-bond donors (Lipinski definition) is 0. The molecule has 0 fully saturated rings. The maximum atomic E-state index is 12.4. The summed E-state index contributed by atoms with van der Waals surface area (Å²) in [6.07, 6.45) is 45.8. The van der Waals surface area contributed by atoms with Gasteiger partial charge in [0.1, 0.15) is 19.8 Å². The van der Waals surface area contributed by atoms with E-state index in [1.807, 2.05) is 39.4 Å². The quantitative estimate of drug-likeness (QED) is 0.00882. The number of phosphoric ester groups is 1. The molecule has 0 aromatic rings. The van der Waals surface area contributed by atoms with Gasteiger partial charge >= 0.3 is 5.97 Å². The maximum absolute atomic E-state index is 12.4. The molecule has 0 aromatic carbocycles. The first-order valence-corrected chi connectivity index (χ1v) is 23.1. The van der Waals surface area contributed by atoms with Crippen LogP contribution < -0.4 is 4.89 Å². The molecule has 0 N–H and O–H groups in total. The minimum absolute atomic E-state index is 0.0148. The monoisotopic (exact) mass is 806 g/mol. The van der Waals surface area contributed by atoms with E-state index in [0.29, 0.717) is 17.4 Å². The highest BCUT2D eigenvalue weighted by Crippen LogP contribution is 2.38. The van der Waals surface area contributed by atoms with Crippen molar-refractivity contribution in [2.75, 3.05) is 47.5 Å². The average molecular weight is 806 g/mol. The first kappa shape index (κ1) is 53.5. The van der Waals surface area contributed by atoms with Crippen molar-refractivity contribution in [3.8, 4) is 0 Å². The van der Waals surface area contributed by atoms with Crippen molar-refractivity contribution in [3.63, 3.8) is 0 Å². The minimum atomic E-state index is -4.58. The number of ketones is 1. The molecule has 0 aliphatic heterocycles. The molecule has 2 atom stereocenters. The topological polar surface area (TPSA) is 111 Å². The molecular weight excluding hydrogens is 725 g/mol. The van der Waals surface area contributed by atoms with Crippen LogP contribution in [0.3, 0.4) is 0 Å². The number of nitrogens with zero attached hydrogens (tertiary/aromatic N) is 1. The van der Waals surface area contributed by atoms with Gasteiger partial charge in [-0.2, -0.15) is 0 Å². The Morgan fingerprint density at radius 3 is 1.80 bits per heavy atom. The number of ether oxygens (including phenoxy) is 2. The first-order valence-electron chi connectivity index (χ1n) is 21.7. The van der Waals surface area contributed by atoms with E-state index in [1.165, 1.54) is 89.4 Å². The molecular formula is C46H80NO8P. The van der Waals surface area contributed by atoms with E-state index in [4.69, 9.17) is 18.5 Å². The third kappa shape index (κ3) is 41.1. The van der Waals surface area contributed by atoms with Crippen LogP contribution in [-0.2, 0) is 32.7 Å². The summed E-state index contributed by atoms with van der Waals surface area (Å²) in [6, 6.07) is 0. The number of hydrogen-bond acceptors (Lipinski definition) is 8. The summed E-state index contributed by atoms with van der Waals surface area (Å²) >= 11 is 0. The van der Waals surface area contributed by atoms with Crippen LogP contribution in [0.25, 0.3) is 0 Å². The second kappa shape index (κ2) is 38.0. The Bertz CT molecular complexity index is 1180. The van der Waals surface area contributed by atoms with Crippen LogP contribution in [0, 0.1) is 0 Å².